The molecule has 0 radical (unpaired) electrons. The van der Waals surface area contributed by atoms with E-state index in [0.29, 0.717) is 5.69 Å². The highest BCUT2D eigenvalue weighted by Crippen LogP contribution is 2.30. The molecule has 0 saturated heterocycles. The molecule has 3 nitrogen and oxygen atoms in total. The topological polar surface area (TPSA) is 56.0 Å². The van der Waals surface area contributed by atoms with Crippen molar-refractivity contribution in [3.63, 3.8) is 0 Å². The first-order valence-corrected chi connectivity index (χ1v) is 5.53. The van der Waals surface area contributed by atoms with Crippen molar-refractivity contribution in [3.8, 4) is 0 Å². The number of hydrogen-bond acceptors (Lipinski definition) is 3. The van der Waals surface area contributed by atoms with Gasteiger partial charge in [0.2, 0.25) is 0 Å². The van der Waals surface area contributed by atoms with Crippen molar-refractivity contribution >= 4 is 12.0 Å². The summed E-state index contributed by atoms with van der Waals surface area (Å²) in [7, 11) is 0. The number of rotatable bonds is 3. The Hall–Kier alpha value is -1.38. The van der Waals surface area contributed by atoms with Crippen molar-refractivity contribution in [1.29, 1.82) is 0 Å². The summed E-state index contributed by atoms with van der Waals surface area (Å²) >= 11 is 0. The zero-order valence-electron chi connectivity index (χ0n) is 9.05. The molecular formula is C12H16N2O. The van der Waals surface area contributed by atoms with Crippen LogP contribution in [0.25, 0.3) is 0 Å². The van der Waals surface area contributed by atoms with Gasteiger partial charge in [0, 0.05) is 16.9 Å². The van der Waals surface area contributed by atoms with Gasteiger partial charge in [0.05, 0.1) is 0 Å². The number of carbonyl (C=O) groups excluding carboxylic acids is 1. The first-order valence-electron chi connectivity index (χ1n) is 5.53. The predicted octanol–water partition coefficient (Wildman–Crippen LogP) is 1.92. The number of aldehydes is 1. The zero-order valence-corrected chi connectivity index (χ0v) is 9.05. The lowest BCUT2D eigenvalue weighted by Crippen LogP contribution is -2.07. The third-order valence-electron chi connectivity index (χ3n) is 3.02. The number of fused-ring (bicyclic) bond motifs is 1. The average Bonchev–Trinajstić information content (AvgIpc) is 2.70. The summed E-state index contributed by atoms with van der Waals surface area (Å²) in [6.07, 6.45) is 5.77. The van der Waals surface area contributed by atoms with Crippen LogP contribution in [-0.2, 0) is 19.3 Å². The Morgan fingerprint density at radius 2 is 2.27 bits per heavy atom. The molecule has 1 aliphatic rings. The highest BCUT2D eigenvalue weighted by molar-refractivity contribution is 5.79. The average molecular weight is 204 g/mol. The molecule has 0 fully saturated rings. The Labute approximate surface area is 89.7 Å². The van der Waals surface area contributed by atoms with Gasteiger partial charge in [-0.05, 0) is 31.2 Å². The molecule has 15 heavy (non-hydrogen) atoms. The Bertz CT molecular complexity index is 399. The van der Waals surface area contributed by atoms with Crippen LogP contribution in [0.5, 0.6) is 0 Å². The minimum Gasteiger partial charge on any atom is -0.398 e. The van der Waals surface area contributed by atoms with Crippen LogP contribution in [0.1, 0.15) is 47.1 Å². The van der Waals surface area contributed by atoms with Gasteiger partial charge in [-0.15, -0.1) is 0 Å². The monoisotopic (exact) mass is 204 g/mol. The lowest BCUT2D eigenvalue weighted by Gasteiger charge is -2.11. The van der Waals surface area contributed by atoms with Gasteiger partial charge < -0.3 is 5.73 Å². The second-order valence-corrected chi connectivity index (χ2v) is 4.04. The molecule has 0 unspecified atom stereocenters. The van der Waals surface area contributed by atoms with Crippen molar-refractivity contribution in [1.82, 2.24) is 4.98 Å². The third-order valence-corrected chi connectivity index (χ3v) is 3.02. The van der Waals surface area contributed by atoms with Crippen LogP contribution >= 0.6 is 0 Å². The molecule has 0 saturated carbocycles. The van der Waals surface area contributed by atoms with E-state index < -0.39 is 0 Å². The molecule has 1 aromatic rings. The van der Waals surface area contributed by atoms with Gasteiger partial charge in [-0.25, -0.2) is 4.98 Å². The van der Waals surface area contributed by atoms with Crippen LogP contribution < -0.4 is 5.73 Å². The summed E-state index contributed by atoms with van der Waals surface area (Å²) in [5.74, 6) is 0. The molecule has 0 amide bonds. The fraction of sp³-hybridized carbons (Fsp3) is 0.500. The lowest BCUT2D eigenvalue weighted by molar-refractivity contribution is 0.111. The fourth-order valence-corrected chi connectivity index (χ4v) is 2.28. The van der Waals surface area contributed by atoms with E-state index in [9.17, 15) is 4.79 Å². The first kappa shape index (κ1) is 10.1. The van der Waals surface area contributed by atoms with Gasteiger partial charge in [-0.1, -0.05) is 13.3 Å². The van der Waals surface area contributed by atoms with Crippen LogP contribution in [0.15, 0.2) is 0 Å². The molecule has 2 N–H and O–H groups in total. The number of nitrogen functional groups attached to an aromatic ring is 1. The maximum Gasteiger partial charge on any atom is 0.168 e. The zero-order chi connectivity index (χ0) is 10.8. The Morgan fingerprint density at radius 3 is 2.93 bits per heavy atom. The van der Waals surface area contributed by atoms with Gasteiger partial charge in [-0.3, -0.25) is 4.79 Å². The second-order valence-electron chi connectivity index (χ2n) is 4.04. The van der Waals surface area contributed by atoms with Crippen molar-refractivity contribution < 1.29 is 4.79 Å². The molecular weight excluding hydrogens is 188 g/mol. The van der Waals surface area contributed by atoms with E-state index in [0.717, 1.165) is 55.3 Å². The highest BCUT2D eigenvalue weighted by Gasteiger charge is 2.20. The summed E-state index contributed by atoms with van der Waals surface area (Å²) in [6, 6.07) is 0. The number of carbonyl (C=O) groups is 1. The fourth-order valence-electron chi connectivity index (χ4n) is 2.28. The van der Waals surface area contributed by atoms with Crippen LogP contribution in [0.2, 0.25) is 0 Å². The van der Waals surface area contributed by atoms with Crippen molar-refractivity contribution in [2.45, 2.75) is 39.0 Å². The number of nitrogens with two attached hydrogens (primary N) is 1. The Balaban J connectivity index is 2.56. The molecule has 3 heteroatoms. The Kier molecular flexibility index (Phi) is 2.71. The molecule has 1 heterocycles. The van der Waals surface area contributed by atoms with Gasteiger partial charge in [-0.2, -0.15) is 0 Å². The molecule has 0 aliphatic heterocycles. The molecule has 0 spiro atoms. The van der Waals surface area contributed by atoms with Crippen LogP contribution in [0.4, 0.5) is 5.69 Å². The minimum atomic E-state index is 0.551. The summed E-state index contributed by atoms with van der Waals surface area (Å²) in [5.41, 5.74) is 10.6. The number of aromatic nitrogens is 1. The standard InChI is InChI=1S/C12H16N2O/c1-2-4-8-11(7-15)14-10-6-3-5-9(10)12(8)13/h7H,2-6H2,1H3,(H2,13,14). The number of nitrogens with zero attached hydrogens (tertiary/aromatic N) is 1. The second kappa shape index (κ2) is 4.01. The van der Waals surface area contributed by atoms with Crippen LogP contribution in [-0.4, -0.2) is 11.3 Å². The molecule has 1 aliphatic carbocycles. The minimum absolute atomic E-state index is 0.551. The van der Waals surface area contributed by atoms with E-state index in [1.54, 1.807) is 0 Å². The normalized spacial score (nSPS) is 13.9. The predicted molar refractivity (Wildman–Crippen MR) is 60.1 cm³/mol. The number of hydrogen-bond donors (Lipinski definition) is 1. The molecule has 0 atom stereocenters. The molecule has 0 aromatic carbocycles. The molecule has 2 rings (SSSR count). The third kappa shape index (κ3) is 1.62. The van der Waals surface area contributed by atoms with E-state index in [-0.39, 0.29) is 0 Å². The maximum absolute atomic E-state index is 10.9. The smallest absolute Gasteiger partial charge is 0.168 e. The van der Waals surface area contributed by atoms with Crippen LogP contribution in [0, 0.1) is 0 Å². The maximum atomic E-state index is 10.9. The van der Waals surface area contributed by atoms with Gasteiger partial charge in [0.15, 0.2) is 6.29 Å². The highest BCUT2D eigenvalue weighted by atomic mass is 16.1. The Morgan fingerprint density at radius 1 is 1.47 bits per heavy atom. The first-order chi connectivity index (χ1) is 7.27. The summed E-state index contributed by atoms with van der Waals surface area (Å²) in [5, 5.41) is 0. The molecule has 1 aromatic heterocycles. The van der Waals surface area contributed by atoms with Crippen molar-refractivity contribution in [2.24, 2.45) is 0 Å². The van der Waals surface area contributed by atoms with E-state index in [2.05, 4.69) is 11.9 Å². The SMILES string of the molecule is CCCc1c(C=O)nc2c(c1N)CCC2. The van der Waals surface area contributed by atoms with E-state index in [1.807, 2.05) is 0 Å². The quantitative estimate of drug-likeness (QED) is 0.765. The molecule has 0 bridgehead atoms. The largest absolute Gasteiger partial charge is 0.398 e. The van der Waals surface area contributed by atoms with Crippen molar-refractivity contribution in [2.75, 3.05) is 5.73 Å². The molecule has 80 valence electrons. The van der Waals surface area contributed by atoms with E-state index >= 15 is 0 Å². The van der Waals surface area contributed by atoms with Gasteiger partial charge in [0.25, 0.3) is 0 Å². The van der Waals surface area contributed by atoms with Crippen LogP contribution in [0.3, 0.4) is 0 Å². The number of anilines is 1. The van der Waals surface area contributed by atoms with Gasteiger partial charge in [0.1, 0.15) is 5.69 Å². The summed E-state index contributed by atoms with van der Waals surface area (Å²) < 4.78 is 0. The van der Waals surface area contributed by atoms with E-state index in [4.69, 9.17) is 5.73 Å². The van der Waals surface area contributed by atoms with Crippen molar-refractivity contribution in [3.05, 3.63) is 22.5 Å². The van der Waals surface area contributed by atoms with E-state index in [1.165, 1.54) is 5.56 Å². The number of pyridine rings is 1. The summed E-state index contributed by atoms with van der Waals surface area (Å²) in [4.78, 5) is 15.3. The summed E-state index contributed by atoms with van der Waals surface area (Å²) in [6.45, 7) is 2.08. The van der Waals surface area contributed by atoms with Gasteiger partial charge >= 0.3 is 0 Å². The number of aryl methyl sites for hydroxylation is 1. The lowest BCUT2D eigenvalue weighted by atomic mass is 10.0.